The van der Waals surface area contributed by atoms with Gasteiger partial charge in [0, 0.05) is 11.6 Å². The molecule has 19 heavy (non-hydrogen) atoms. The number of rotatable bonds is 3. The SMILES string of the molecule is CC(C)C1OC(c2cnco2)=[C]N1c1ccccc1. The van der Waals surface area contributed by atoms with Crippen molar-refractivity contribution in [3.63, 3.8) is 0 Å². The summed E-state index contributed by atoms with van der Waals surface area (Å²) in [5, 5.41) is 0. The van der Waals surface area contributed by atoms with Crippen LogP contribution in [0.15, 0.2) is 47.3 Å². The molecule has 1 atom stereocenters. The molecule has 4 nitrogen and oxygen atoms in total. The summed E-state index contributed by atoms with van der Waals surface area (Å²) in [6.45, 7) is 4.23. The summed E-state index contributed by atoms with van der Waals surface area (Å²) in [5.41, 5.74) is 1.05. The van der Waals surface area contributed by atoms with Crippen molar-refractivity contribution >= 4 is 11.4 Å². The minimum Gasteiger partial charge on any atom is -0.464 e. The smallest absolute Gasteiger partial charge is 0.192 e. The van der Waals surface area contributed by atoms with Crippen molar-refractivity contribution < 1.29 is 9.15 Å². The van der Waals surface area contributed by atoms with E-state index < -0.39 is 0 Å². The lowest BCUT2D eigenvalue weighted by Gasteiger charge is -2.26. The number of benzene rings is 1. The molecule has 1 aromatic carbocycles. The van der Waals surface area contributed by atoms with Gasteiger partial charge in [-0.3, -0.25) is 4.90 Å². The summed E-state index contributed by atoms with van der Waals surface area (Å²) >= 11 is 0. The molecule has 0 bridgehead atoms. The Labute approximate surface area is 112 Å². The molecule has 0 saturated carbocycles. The number of hydrogen-bond donors (Lipinski definition) is 0. The van der Waals surface area contributed by atoms with Crippen molar-refractivity contribution in [2.45, 2.75) is 20.1 Å². The molecule has 0 aliphatic carbocycles. The Kier molecular flexibility index (Phi) is 2.99. The van der Waals surface area contributed by atoms with Crippen LogP contribution in [-0.2, 0) is 4.74 Å². The number of oxazole rings is 1. The third-order valence-electron chi connectivity index (χ3n) is 2.98. The van der Waals surface area contributed by atoms with Crippen LogP contribution in [-0.4, -0.2) is 11.2 Å². The Morgan fingerprint density at radius 3 is 2.68 bits per heavy atom. The number of aromatic nitrogens is 1. The number of anilines is 1. The van der Waals surface area contributed by atoms with E-state index in [1.54, 1.807) is 6.20 Å². The fourth-order valence-electron chi connectivity index (χ4n) is 2.05. The highest BCUT2D eigenvalue weighted by Gasteiger charge is 2.32. The maximum absolute atomic E-state index is 5.93. The van der Waals surface area contributed by atoms with Crippen LogP contribution >= 0.6 is 0 Å². The number of nitrogens with zero attached hydrogens (tertiary/aromatic N) is 2. The second-order valence-electron chi connectivity index (χ2n) is 4.76. The zero-order chi connectivity index (χ0) is 13.2. The van der Waals surface area contributed by atoms with Gasteiger partial charge in [-0.15, -0.1) is 0 Å². The molecule has 1 radical (unpaired) electrons. The van der Waals surface area contributed by atoms with Crippen LogP contribution in [0.3, 0.4) is 0 Å². The molecule has 0 spiro atoms. The van der Waals surface area contributed by atoms with E-state index in [0.29, 0.717) is 17.4 Å². The number of hydrogen-bond acceptors (Lipinski definition) is 4. The molecule has 0 saturated heterocycles. The monoisotopic (exact) mass is 255 g/mol. The first-order valence-corrected chi connectivity index (χ1v) is 6.29. The van der Waals surface area contributed by atoms with Crippen molar-refractivity contribution in [3.05, 3.63) is 54.9 Å². The van der Waals surface area contributed by atoms with Gasteiger partial charge < -0.3 is 9.15 Å². The first-order valence-electron chi connectivity index (χ1n) is 6.29. The Morgan fingerprint density at radius 1 is 1.26 bits per heavy atom. The topological polar surface area (TPSA) is 38.5 Å². The summed E-state index contributed by atoms with van der Waals surface area (Å²) < 4.78 is 11.2. The van der Waals surface area contributed by atoms with Crippen molar-refractivity contribution in [3.8, 4) is 0 Å². The molecule has 1 aliphatic rings. The van der Waals surface area contributed by atoms with E-state index in [0.717, 1.165) is 5.69 Å². The summed E-state index contributed by atoms with van der Waals surface area (Å²) in [6, 6.07) is 10.1. The van der Waals surface area contributed by atoms with Gasteiger partial charge in [0.1, 0.15) is 6.20 Å². The molecule has 1 aromatic heterocycles. The van der Waals surface area contributed by atoms with Crippen molar-refractivity contribution in [1.82, 2.24) is 4.98 Å². The molecule has 4 heteroatoms. The average Bonchev–Trinajstić information content (AvgIpc) is 3.08. The fraction of sp³-hybridized carbons (Fsp3) is 0.267. The highest BCUT2D eigenvalue weighted by molar-refractivity contribution is 5.62. The van der Waals surface area contributed by atoms with Crippen LogP contribution in [0, 0.1) is 12.1 Å². The standard InChI is InChI=1S/C15H15N2O2/c1-11(2)15-17(12-6-4-3-5-7-12)9-14(19-15)13-8-16-10-18-13/h3-8,10-11,15H,1-2H3. The molecule has 97 valence electrons. The van der Waals surface area contributed by atoms with Crippen LogP contribution < -0.4 is 4.90 Å². The van der Waals surface area contributed by atoms with Gasteiger partial charge in [0.2, 0.25) is 0 Å². The number of ether oxygens (including phenoxy) is 1. The van der Waals surface area contributed by atoms with E-state index in [2.05, 4.69) is 25.0 Å². The van der Waals surface area contributed by atoms with Gasteiger partial charge in [-0.05, 0) is 12.1 Å². The Hall–Kier alpha value is -2.23. The molecule has 0 fully saturated rings. The van der Waals surface area contributed by atoms with Crippen LogP contribution in [0.1, 0.15) is 19.6 Å². The molecular formula is C15H15N2O2. The van der Waals surface area contributed by atoms with E-state index >= 15 is 0 Å². The molecule has 1 unspecified atom stereocenters. The highest BCUT2D eigenvalue weighted by atomic mass is 16.5. The zero-order valence-electron chi connectivity index (χ0n) is 10.9. The van der Waals surface area contributed by atoms with Crippen LogP contribution in [0.2, 0.25) is 0 Å². The van der Waals surface area contributed by atoms with Crippen LogP contribution in [0.5, 0.6) is 0 Å². The lowest BCUT2D eigenvalue weighted by atomic mass is 10.1. The summed E-state index contributed by atoms with van der Waals surface area (Å²) in [6.07, 6.45) is 6.18. The van der Waals surface area contributed by atoms with E-state index in [1.807, 2.05) is 35.2 Å². The van der Waals surface area contributed by atoms with Gasteiger partial charge in [0.15, 0.2) is 24.1 Å². The van der Waals surface area contributed by atoms with Crippen LogP contribution in [0.4, 0.5) is 5.69 Å². The minimum absolute atomic E-state index is 0.0810. The normalized spacial score (nSPS) is 18.6. The maximum Gasteiger partial charge on any atom is 0.192 e. The van der Waals surface area contributed by atoms with Crippen LogP contribution in [0.25, 0.3) is 5.76 Å². The first kappa shape index (κ1) is 11.8. The minimum atomic E-state index is -0.0810. The molecule has 3 rings (SSSR count). The van der Waals surface area contributed by atoms with Gasteiger partial charge in [-0.2, -0.15) is 0 Å². The predicted octanol–water partition coefficient (Wildman–Crippen LogP) is 3.30. The maximum atomic E-state index is 5.93. The Bertz CT molecular complexity index is 561. The molecular weight excluding hydrogens is 240 g/mol. The zero-order valence-corrected chi connectivity index (χ0v) is 10.9. The van der Waals surface area contributed by atoms with E-state index in [1.165, 1.54) is 6.39 Å². The van der Waals surface area contributed by atoms with Gasteiger partial charge in [0.25, 0.3) is 0 Å². The van der Waals surface area contributed by atoms with E-state index in [9.17, 15) is 0 Å². The van der Waals surface area contributed by atoms with Crippen molar-refractivity contribution in [2.24, 2.45) is 5.92 Å². The second kappa shape index (κ2) is 4.80. The first-order chi connectivity index (χ1) is 9.25. The molecule has 0 amide bonds. The quantitative estimate of drug-likeness (QED) is 0.843. The summed E-state index contributed by atoms with van der Waals surface area (Å²) in [5.74, 6) is 1.53. The van der Waals surface area contributed by atoms with E-state index in [4.69, 9.17) is 9.15 Å². The summed E-state index contributed by atoms with van der Waals surface area (Å²) in [4.78, 5) is 5.91. The van der Waals surface area contributed by atoms with Gasteiger partial charge >= 0.3 is 0 Å². The highest BCUT2D eigenvalue weighted by Crippen LogP contribution is 2.33. The van der Waals surface area contributed by atoms with Gasteiger partial charge in [0.05, 0.1) is 6.20 Å². The average molecular weight is 255 g/mol. The van der Waals surface area contributed by atoms with Gasteiger partial charge in [-0.1, -0.05) is 32.0 Å². The van der Waals surface area contributed by atoms with Crippen molar-refractivity contribution in [2.75, 3.05) is 4.90 Å². The third kappa shape index (κ3) is 2.21. The Balaban J connectivity index is 1.95. The largest absolute Gasteiger partial charge is 0.464 e. The summed E-state index contributed by atoms with van der Waals surface area (Å²) in [7, 11) is 0. The molecule has 2 aromatic rings. The molecule has 0 N–H and O–H groups in total. The fourth-order valence-corrected chi connectivity index (χ4v) is 2.05. The number of para-hydroxylation sites is 1. The Morgan fingerprint density at radius 2 is 2.05 bits per heavy atom. The second-order valence-corrected chi connectivity index (χ2v) is 4.76. The molecule has 1 aliphatic heterocycles. The third-order valence-corrected chi connectivity index (χ3v) is 2.98. The van der Waals surface area contributed by atoms with Gasteiger partial charge in [-0.25, -0.2) is 4.98 Å². The van der Waals surface area contributed by atoms with Crippen molar-refractivity contribution in [1.29, 1.82) is 0 Å². The lowest BCUT2D eigenvalue weighted by molar-refractivity contribution is 0.140. The van der Waals surface area contributed by atoms with E-state index in [-0.39, 0.29) is 6.23 Å². The predicted molar refractivity (Wildman–Crippen MR) is 71.8 cm³/mol. The molecule has 2 heterocycles. The lowest BCUT2D eigenvalue weighted by Crippen LogP contribution is -2.32.